The van der Waals surface area contributed by atoms with Gasteiger partial charge in [-0.3, -0.25) is 0 Å². The SMILES string of the molecule is Nc1ccc(CNS(=O)(=O)NCC(F)(F)F)cc1. The number of anilines is 1. The molecule has 18 heavy (non-hydrogen) atoms. The first-order valence-corrected chi connectivity index (χ1v) is 6.32. The van der Waals surface area contributed by atoms with Gasteiger partial charge in [-0.15, -0.1) is 0 Å². The number of halogens is 3. The molecule has 1 aromatic rings. The fraction of sp³-hybridized carbons (Fsp3) is 0.333. The van der Waals surface area contributed by atoms with Crippen molar-refractivity contribution in [1.29, 1.82) is 0 Å². The van der Waals surface area contributed by atoms with Gasteiger partial charge in [-0.05, 0) is 17.7 Å². The van der Waals surface area contributed by atoms with Crippen LogP contribution in [0.25, 0.3) is 0 Å². The lowest BCUT2D eigenvalue weighted by Crippen LogP contribution is -2.41. The lowest BCUT2D eigenvalue weighted by atomic mass is 10.2. The van der Waals surface area contributed by atoms with Gasteiger partial charge in [0.2, 0.25) is 0 Å². The lowest BCUT2D eigenvalue weighted by molar-refractivity contribution is -0.121. The molecule has 0 fully saturated rings. The summed E-state index contributed by atoms with van der Waals surface area (Å²) in [6.07, 6.45) is -4.59. The minimum atomic E-state index is -4.59. The highest BCUT2D eigenvalue weighted by atomic mass is 32.2. The zero-order chi connectivity index (χ0) is 13.8. The van der Waals surface area contributed by atoms with Crippen molar-refractivity contribution in [3.8, 4) is 0 Å². The number of nitrogens with one attached hydrogen (secondary N) is 2. The van der Waals surface area contributed by atoms with Gasteiger partial charge in [0.25, 0.3) is 10.2 Å². The third kappa shape index (κ3) is 5.84. The molecule has 0 bridgehead atoms. The zero-order valence-electron chi connectivity index (χ0n) is 9.16. The first kappa shape index (κ1) is 14.7. The normalized spacial score (nSPS) is 12.6. The summed E-state index contributed by atoms with van der Waals surface area (Å²) < 4.78 is 61.2. The Morgan fingerprint density at radius 1 is 1.11 bits per heavy atom. The zero-order valence-corrected chi connectivity index (χ0v) is 9.98. The average Bonchev–Trinajstić information content (AvgIpc) is 2.25. The van der Waals surface area contributed by atoms with Crippen molar-refractivity contribution < 1.29 is 21.6 Å². The molecule has 0 unspecified atom stereocenters. The van der Waals surface area contributed by atoms with Crippen molar-refractivity contribution in [3.05, 3.63) is 29.8 Å². The number of hydrogen-bond donors (Lipinski definition) is 3. The van der Waals surface area contributed by atoms with Gasteiger partial charge in [0.15, 0.2) is 0 Å². The van der Waals surface area contributed by atoms with Gasteiger partial charge >= 0.3 is 6.18 Å². The number of alkyl halides is 3. The number of benzene rings is 1. The van der Waals surface area contributed by atoms with E-state index in [2.05, 4.69) is 0 Å². The maximum absolute atomic E-state index is 11.8. The fourth-order valence-electron chi connectivity index (χ4n) is 1.04. The van der Waals surface area contributed by atoms with Crippen LogP contribution in [0.15, 0.2) is 24.3 Å². The number of nitrogen functional groups attached to an aromatic ring is 1. The predicted molar refractivity (Wildman–Crippen MR) is 60.7 cm³/mol. The Labute approximate surface area is 102 Å². The van der Waals surface area contributed by atoms with Crippen molar-refractivity contribution in [1.82, 2.24) is 9.44 Å². The Balaban J connectivity index is 2.49. The Bertz CT molecular complexity index is 485. The van der Waals surface area contributed by atoms with Gasteiger partial charge in [0, 0.05) is 12.2 Å². The summed E-state index contributed by atoms with van der Waals surface area (Å²) in [5.74, 6) is 0. The second-order valence-electron chi connectivity index (χ2n) is 3.50. The largest absolute Gasteiger partial charge is 0.402 e. The summed E-state index contributed by atoms with van der Waals surface area (Å²) in [5.41, 5.74) is 6.52. The molecule has 0 radical (unpaired) electrons. The molecule has 0 heterocycles. The molecule has 0 spiro atoms. The third-order valence-corrected chi connectivity index (χ3v) is 2.96. The molecule has 0 amide bonds. The van der Waals surface area contributed by atoms with Crippen LogP contribution >= 0.6 is 0 Å². The second-order valence-corrected chi connectivity index (χ2v) is 5.09. The third-order valence-electron chi connectivity index (χ3n) is 1.91. The summed E-state index contributed by atoms with van der Waals surface area (Å²) in [6.45, 7) is -1.72. The first-order chi connectivity index (χ1) is 8.18. The average molecular weight is 283 g/mol. The van der Waals surface area contributed by atoms with E-state index in [1.165, 1.54) is 4.72 Å². The van der Waals surface area contributed by atoms with E-state index in [4.69, 9.17) is 5.73 Å². The van der Waals surface area contributed by atoms with Crippen LogP contribution in [0.3, 0.4) is 0 Å². The monoisotopic (exact) mass is 283 g/mol. The molecular formula is C9H12F3N3O2S. The van der Waals surface area contributed by atoms with E-state index in [1.807, 2.05) is 4.72 Å². The minimum Gasteiger partial charge on any atom is -0.399 e. The van der Waals surface area contributed by atoms with Crippen molar-refractivity contribution >= 4 is 15.9 Å². The number of rotatable bonds is 5. The molecule has 0 atom stereocenters. The molecular weight excluding hydrogens is 271 g/mol. The van der Waals surface area contributed by atoms with Gasteiger partial charge in [-0.2, -0.15) is 31.0 Å². The highest BCUT2D eigenvalue weighted by Gasteiger charge is 2.29. The predicted octanol–water partition coefficient (Wildman–Crippen LogP) is 0.755. The summed E-state index contributed by atoms with van der Waals surface area (Å²) in [4.78, 5) is 0. The van der Waals surface area contributed by atoms with Crippen LogP contribution in [-0.2, 0) is 16.8 Å². The lowest BCUT2D eigenvalue weighted by Gasteiger charge is -2.10. The van der Waals surface area contributed by atoms with Crippen molar-refractivity contribution in [2.75, 3.05) is 12.3 Å². The number of nitrogens with two attached hydrogens (primary N) is 1. The van der Waals surface area contributed by atoms with E-state index in [9.17, 15) is 21.6 Å². The van der Waals surface area contributed by atoms with E-state index in [-0.39, 0.29) is 6.54 Å². The molecule has 1 aromatic carbocycles. The van der Waals surface area contributed by atoms with E-state index in [0.29, 0.717) is 11.3 Å². The van der Waals surface area contributed by atoms with Crippen LogP contribution < -0.4 is 15.2 Å². The van der Waals surface area contributed by atoms with Crippen LogP contribution in [-0.4, -0.2) is 21.1 Å². The Kier molecular flexibility index (Phi) is 4.54. The fourth-order valence-corrected chi connectivity index (χ4v) is 1.85. The smallest absolute Gasteiger partial charge is 0.399 e. The highest BCUT2D eigenvalue weighted by Crippen LogP contribution is 2.12. The summed E-state index contributed by atoms with van der Waals surface area (Å²) in [6, 6.07) is 6.27. The van der Waals surface area contributed by atoms with Crippen LogP contribution in [0.1, 0.15) is 5.56 Å². The van der Waals surface area contributed by atoms with E-state index in [0.717, 1.165) is 0 Å². The molecule has 0 aliphatic carbocycles. The maximum atomic E-state index is 11.8. The summed E-state index contributed by atoms with van der Waals surface area (Å²) >= 11 is 0. The van der Waals surface area contributed by atoms with Gasteiger partial charge in [-0.1, -0.05) is 12.1 Å². The van der Waals surface area contributed by atoms with Gasteiger partial charge < -0.3 is 5.73 Å². The maximum Gasteiger partial charge on any atom is 0.402 e. The molecule has 102 valence electrons. The highest BCUT2D eigenvalue weighted by molar-refractivity contribution is 7.87. The Morgan fingerprint density at radius 2 is 1.67 bits per heavy atom. The first-order valence-electron chi connectivity index (χ1n) is 4.83. The van der Waals surface area contributed by atoms with E-state index < -0.39 is 22.9 Å². The van der Waals surface area contributed by atoms with Crippen LogP contribution in [0.4, 0.5) is 18.9 Å². The van der Waals surface area contributed by atoms with E-state index in [1.54, 1.807) is 24.3 Å². The standard InChI is InChI=1S/C9H12F3N3O2S/c10-9(11,12)6-15-18(16,17)14-5-7-1-3-8(13)4-2-7/h1-4,14-15H,5-6,13H2. The number of hydrogen-bond acceptors (Lipinski definition) is 3. The van der Waals surface area contributed by atoms with Crippen LogP contribution in [0.5, 0.6) is 0 Å². The Morgan fingerprint density at radius 3 is 2.17 bits per heavy atom. The molecule has 0 saturated heterocycles. The molecule has 0 aliphatic rings. The molecule has 5 nitrogen and oxygen atoms in total. The Hall–Kier alpha value is -1.32. The van der Waals surface area contributed by atoms with Crippen molar-refractivity contribution in [3.63, 3.8) is 0 Å². The summed E-state index contributed by atoms with van der Waals surface area (Å²) in [7, 11) is -4.17. The van der Waals surface area contributed by atoms with Gasteiger partial charge in [0.05, 0.1) is 0 Å². The minimum absolute atomic E-state index is 0.118. The van der Waals surface area contributed by atoms with Crippen molar-refractivity contribution in [2.45, 2.75) is 12.7 Å². The van der Waals surface area contributed by atoms with E-state index >= 15 is 0 Å². The quantitative estimate of drug-likeness (QED) is 0.697. The molecule has 0 saturated carbocycles. The molecule has 1 rings (SSSR count). The van der Waals surface area contributed by atoms with Crippen LogP contribution in [0.2, 0.25) is 0 Å². The van der Waals surface area contributed by atoms with Crippen LogP contribution in [0, 0.1) is 0 Å². The summed E-state index contributed by atoms with van der Waals surface area (Å²) in [5, 5.41) is 0. The second kappa shape index (κ2) is 5.55. The topological polar surface area (TPSA) is 84.2 Å². The molecule has 4 N–H and O–H groups in total. The molecule has 0 aromatic heterocycles. The van der Waals surface area contributed by atoms with Gasteiger partial charge in [0.1, 0.15) is 6.54 Å². The van der Waals surface area contributed by atoms with Crippen molar-refractivity contribution in [2.24, 2.45) is 0 Å². The van der Waals surface area contributed by atoms with Gasteiger partial charge in [-0.25, -0.2) is 0 Å². The molecule has 0 aliphatic heterocycles. The molecule has 9 heteroatoms.